The number of sulfonamides is 1. The predicted octanol–water partition coefficient (Wildman–Crippen LogP) is 1.42. The van der Waals surface area contributed by atoms with Crippen LogP contribution in [0.5, 0.6) is 0 Å². The van der Waals surface area contributed by atoms with Gasteiger partial charge in [0, 0.05) is 18.7 Å². The van der Waals surface area contributed by atoms with Crippen LogP contribution in [0.2, 0.25) is 0 Å². The summed E-state index contributed by atoms with van der Waals surface area (Å²) in [4.78, 5) is 0.00625. The van der Waals surface area contributed by atoms with Crippen molar-refractivity contribution in [2.24, 2.45) is 0 Å². The summed E-state index contributed by atoms with van der Waals surface area (Å²) in [5.74, 6) is -0.569. The number of morpholine rings is 1. The van der Waals surface area contributed by atoms with E-state index in [-0.39, 0.29) is 41.3 Å². The van der Waals surface area contributed by atoms with Gasteiger partial charge >= 0.3 is 0 Å². The van der Waals surface area contributed by atoms with Gasteiger partial charge in [0.15, 0.2) is 0 Å². The van der Waals surface area contributed by atoms with Crippen LogP contribution in [0.25, 0.3) is 0 Å². The molecule has 0 aliphatic carbocycles. The molecule has 2 rings (SSSR count). The second-order valence-corrected chi connectivity index (χ2v) is 7.39. The summed E-state index contributed by atoms with van der Waals surface area (Å²) in [7, 11) is -3.72. The number of benzene rings is 1. The first-order chi connectivity index (χ1) is 9.75. The van der Waals surface area contributed by atoms with Crippen molar-refractivity contribution in [3.8, 4) is 0 Å². The van der Waals surface area contributed by atoms with E-state index in [1.807, 2.05) is 13.8 Å². The molecular weight excluding hydrogens is 297 g/mol. The Morgan fingerprint density at radius 2 is 1.90 bits per heavy atom. The molecule has 1 aliphatic rings. The molecule has 1 aromatic carbocycles. The van der Waals surface area contributed by atoms with Crippen molar-refractivity contribution in [2.75, 3.05) is 13.1 Å². The highest BCUT2D eigenvalue weighted by atomic mass is 32.2. The van der Waals surface area contributed by atoms with Crippen molar-refractivity contribution in [3.63, 3.8) is 0 Å². The molecule has 1 aromatic rings. The van der Waals surface area contributed by atoms with Gasteiger partial charge in [-0.3, -0.25) is 0 Å². The van der Waals surface area contributed by atoms with Gasteiger partial charge in [-0.15, -0.1) is 0 Å². The smallest absolute Gasteiger partial charge is 0.243 e. The molecule has 0 bridgehead atoms. The summed E-state index contributed by atoms with van der Waals surface area (Å²) < 4.78 is 46.0. The Kier molecular flexibility index (Phi) is 4.67. The van der Waals surface area contributed by atoms with Gasteiger partial charge in [0.05, 0.1) is 23.7 Å². The van der Waals surface area contributed by atoms with Crippen molar-refractivity contribution in [1.29, 1.82) is 0 Å². The Labute approximate surface area is 124 Å². The van der Waals surface area contributed by atoms with E-state index in [1.54, 1.807) is 0 Å². The van der Waals surface area contributed by atoms with E-state index in [0.717, 1.165) is 0 Å². The standard InChI is InChI=1S/C14H20FNO4S/c1-9-4-13(5-12(8-17)14(9)15)21(18,19)16-6-10(2)20-11(3)7-16/h4-5,10-11,17H,6-8H2,1-3H3. The first-order valence-corrected chi connectivity index (χ1v) is 8.25. The molecule has 1 N–H and O–H groups in total. The molecule has 0 radical (unpaired) electrons. The van der Waals surface area contributed by atoms with E-state index < -0.39 is 22.4 Å². The molecule has 7 heteroatoms. The largest absolute Gasteiger partial charge is 0.392 e. The van der Waals surface area contributed by atoms with Gasteiger partial charge < -0.3 is 9.84 Å². The average molecular weight is 317 g/mol. The van der Waals surface area contributed by atoms with Crippen LogP contribution in [-0.4, -0.2) is 43.1 Å². The third-order valence-corrected chi connectivity index (χ3v) is 5.31. The van der Waals surface area contributed by atoms with Gasteiger partial charge in [0.1, 0.15) is 5.82 Å². The van der Waals surface area contributed by atoms with Crippen molar-refractivity contribution in [1.82, 2.24) is 4.31 Å². The fourth-order valence-electron chi connectivity index (χ4n) is 2.55. The second-order valence-electron chi connectivity index (χ2n) is 5.45. The minimum absolute atomic E-state index is 0.00625. The summed E-state index contributed by atoms with van der Waals surface area (Å²) in [6.07, 6.45) is -0.384. The fourth-order valence-corrected chi connectivity index (χ4v) is 4.27. The summed E-state index contributed by atoms with van der Waals surface area (Å²) in [5, 5.41) is 9.16. The highest BCUT2D eigenvalue weighted by Gasteiger charge is 2.32. The molecule has 2 unspecified atom stereocenters. The summed E-state index contributed by atoms with van der Waals surface area (Å²) in [6.45, 7) is 5.10. The van der Waals surface area contributed by atoms with Crippen LogP contribution in [-0.2, 0) is 21.4 Å². The molecule has 1 aliphatic heterocycles. The SMILES string of the molecule is Cc1cc(S(=O)(=O)N2CC(C)OC(C)C2)cc(CO)c1F. The van der Waals surface area contributed by atoms with Gasteiger partial charge in [-0.1, -0.05) is 0 Å². The minimum Gasteiger partial charge on any atom is -0.392 e. The first-order valence-electron chi connectivity index (χ1n) is 6.81. The molecule has 0 amide bonds. The van der Waals surface area contributed by atoms with Crippen molar-refractivity contribution >= 4 is 10.0 Å². The maximum absolute atomic E-state index is 13.7. The minimum atomic E-state index is -3.72. The highest BCUT2D eigenvalue weighted by Crippen LogP contribution is 2.25. The van der Waals surface area contributed by atoms with Crippen molar-refractivity contribution in [3.05, 3.63) is 29.1 Å². The Morgan fingerprint density at radius 3 is 2.43 bits per heavy atom. The number of nitrogens with zero attached hydrogens (tertiary/aromatic N) is 1. The van der Waals surface area contributed by atoms with E-state index in [2.05, 4.69) is 0 Å². The number of rotatable bonds is 3. The zero-order valence-electron chi connectivity index (χ0n) is 12.3. The maximum atomic E-state index is 13.7. The highest BCUT2D eigenvalue weighted by molar-refractivity contribution is 7.89. The van der Waals surface area contributed by atoms with Gasteiger partial charge in [0.25, 0.3) is 0 Å². The fraction of sp³-hybridized carbons (Fsp3) is 0.571. The van der Waals surface area contributed by atoms with Crippen LogP contribution < -0.4 is 0 Å². The third kappa shape index (κ3) is 3.26. The zero-order chi connectivity index (χ0) is 15.8. The van der Waals surface area contributed by atoms with Gasteiger partial charge in [0.2, 0.25) is 10.0 Å². The van der Waals surface area contributed by atoms with Gasteiger partial charge in [-0.25, -0.2) is 12.8 Å². The molecule has 118 valence electrons. The second kappa shape index (κ2) is 6.00. The predicted molar refractivity (Wildman–Crippen MR) is 75.8 cm³/mol. The van der Waals surface area contributed by atoms with Crippen LogP contribution in [0.15, 0.2) is 17.0 Å². The van der Waals surface area contributed by atoms with Gasteiger partial charge in [-0.2, -0.15) is 4.31 Å². The lowest BCUT2D eigenvalue weighted by Crippen LogP contribution is -2.48. The molecule has 0 aromatic heterocycles. The van der Waals surface area contributed by atoms with E-state index in [9.17, 15) is 12.8 Å². The summed E-state index contributed by atoms with van der Waals surface area (Å²) >= 11 is 0. The summed E-state index contributed by atoms with van der Waals surface area (Å²) in [5.41, 5.74) is 0.192. The lowest BCUT2D eigenvalue weighted by atomic mass is 10.1. The molecule has 21 heavy (non-hydrogen) atoms. The molecule has 0 spiro atoms. The molecule has 1 saturated heterocycles. The quantitative estimate of drug-likeness (QED) is 0.916. The lowest BCUT2D eigenvalue weighted by Gasteiger charge is -2.34. The lowest BCUT2D eigenvalue weighted by molar-refractivity contribution is -0.0440. The van der Waals surface area contributed by atoms with Crippen molar-refractivity contribution in [2.45, 2.75) is 44.5 Å². The van der Waals surface area contributed by atoms with Crippen LogP contribution in [0.3, 0.4) is 0 Å². The Morgan fingerprint density at radius 1 is 1.33 bits per heavy atom. The topological polar surface area (TPSA) is 66.8 Å². The molecule has 5 nitrogen and oxygen atoms in total. The van der Waals surface area contributed by atoms with Crippen LogP contribution >= 0.6 is 0 Å². The van der Waals surface area contributed by atoms with Crippen LogP contribution in [0.4, 0.5) is 4.39 Å². The number of ether oxygens (including phenoxy) is 1. The number of halogens is 1. The van der Waals surface area contributed by atoms with Crippen molar-refractivity contribution < 1.29 is 22.7 Å². The van der Waals surface area contributed by atoms with Gasteiger partial charge in [-0.05, 0) is 38.5 Å². The Bertz CT molecular complexity index is 622. The number of aliphatic hydroxyl groups excluding tert-OH is 1. The maximum Gasteiger partial charge on any atom is 0.243 e. The Balaban J connectivity index is 2.42. The molecule has 1 fully saturated rings. The monoisotopic (exact) mass is 317 g/mol. The normalized spacial score (nSPS) is 24.2. The van der Waals surface area contributed by atoms with Crippen LogP contribution in [0.1, 0.15) is 25.0 Å². The third-order valence-electron chi connectivity index (χ3n) is 3.50. The molecule has 2 atom stereocenters. The average Bonchev–Trinajstić information content (AvgIpc) is 2.40. The van der Waals surface area contributed by atoms with E-state index in [0.29, 0.717) is 0 Å². The van der Waals surface area contributed by atoms with E-state index in [1.165, 1.54) is 23.4 Å². The van der Waals surface area contributed by atoms with E-state index in [4.69, 9.17) is 9.84 Å². The Hall–Kier alpha value is -1.02. The number of aryl methyl sites for hydroxylation is 1. The molecule has 1 heterocycles. The number of hydrogen-bond donors (Lipinski definition) is 1. The zero-order valence-corrected chi connectivity index (χ0v) is 13.2. The first kappa shape index (κ1) is 16.4. The number of hydrogen-bond acceptors (Lipinski definition) is 4. The van der Waals surface area contributed by atoms with E-state index >= 15 is 0 Å². The van der Waals surface area contributed by atoms with Crippen LogP contribution in [0, 0.1) is 12.7 Å². The molecule has 0 saturated carbocycles. The number of aliphatic hydroxyl groups is 1. The summed E-state index contributed by atoms with van der Waals surface area (Å²) in [6, 6.07) is 2.50. The molecular formula is C14H20FNO4S.